The Morgan fingerprint density at radius 3 is 2.75 bits per heavy atom. The average Bonchev–Trinajstić information content (AvgIpc) is 2.68. The fourth-order valence-corrected chi connectivity index (χ4v) is 2.95. The van der Waals surface area contributed by atoms with Crippen LogP contribution >= 0.6 is 0 Å². The van der Waals surface area contributed by atoms with Crippen molar-refractivity contribution in [3.63, 3.8) is 0 Å². The number of phenolic OH excluding ortho intramolecular Hbond substituents is 1. The Morgan fingerprint density at radius 1 is 1.25 bits per heavy atom. The molecule has 1 atom stereocenters. The third kappa shape index (κ3) is 1.47. The predicted octanol–water partition coefficient (Wildman–Crippen LogP) is 2.52. The van der Waals surface area contributed by atoms with Gasteiger partial charge in [-0.15, -0.1) is 0 Å². The number of fused-ring (bicyclic) bond motifs is 1. The van der Waals surface area contributed by atoms with Crippen LogP contribution in [0.25, 0.3) is 0 Å². The Kier molecular flexibility index (Phi) is 2.11. The number of hydrogen-bond acceptors (Lipinski definition) is 3. The standard InChI is InChI=1S/C13H16O3/c14-9-3-4-12-10(7-9)11(15)8-13(16-12)5-1-2-6-13/h3-4,7,11,14-15H,1-2,5-6,8H2. The van der Waals surface area contributed by atoms with Crippen LogP contribution in [-0.2, 0) is 0 Å². The molecule has 2 N–H and O–H groups in total. The molecule has 1 fully saturated rings. The van der Waals surface area contributed by atoms with Gasteiger partial charge < -0.3 is 14.9 Å². The number of aliphatic hydroxyl groups is 1. The summed E-state index contributed by atoms with van der Waals surface area (Å²) in [7, 11) is 0. The normalized spacial score (nSPS) is 26.4. The maximum absolute atomic E-state index is 10.1. The van der Waals surface area contributed by atoms with E-state index in [-0.39, 0.29) is 11.4 Å². The smallest absolute Gasteiger partial charge is 0.126 e. The summed E-state index contributed by atoms with van der Waals surface area (Å²) in [6.07, 6.45) is 4.58. The summed E-state index contributed by atoms with van der Waals surface area (Å²) in [6, 6.07) is 4.97. The van der Waals surface area contributed by atoms with Gasteiger partial charge in [0, 0.05) is 12.0 Å². The topological polar surface area (TPSA) is 49.7 Å². The summed E-state index contributed by atoms with van der Waals surface area (Å²) in [5.74, 6) is 0.919. The summed E-state index contributed by atoms with van der Waals surface area (Å²) in [5.41, 5.74) is 0.571. The summed E-state index contributed by atoms with van der Waals surface area (Å²) < 4.78 is 6.03. The van der Waals surface area contributed by atoms with Crippen molar-refractivity contribution in [2.45, 2.75) is 43.8 Å². The number of aromatic hydroxyl groups is 1. The highest BCUT2D eigenvalue weighted by atomic mass is 16.5. The third-order valence-corrected chi connectivity index (χ3v) is 3.76. The molecule has 1 aliphatic heterocycles. The van der Waals surface area contributed by atoms with E-state index in [2.05, 4.69) is 0 Å². The Morgan fingerprint density at radius 2 is 2.00 bits per heavy atom. The second-order valence-corrected chi connectivity index (χ2v) is 4.93. The number of hydrogen-bond donors (Lipinski definition) is 2. The van der Waals surface area contributed by atoms with Crippen molar-refractivity contribution in [3.05, 3.63) is 23.8 Å². The summed E-state index contributed by atoms with van der Waals surface area (Å²) in [6.45, 7) is 0. The molecular weight excluding hydrogens is 204 g/mol. The van der Waals surface area contributed by atoms with E-state index in [1.165, 1.54) is 12.8 Å². The molecule has 3 nitrogen and oxygen atoms in total. The molecule has 0 amide bonds. The lowest BCUT2D eigenvalue weighted by Gasteiger charge is -2.38. The van der Waals surface area contributed by atoms with E-state index in [4.69, 9.17) is 4.74 Å². The molecule has 2 aliphatic rings. The second-order valence-electron chi connectivity index (χ2n) is 4.93. The molecule has 1 unspecified atom stereocenters. The number of phenols is 1. The molecule has 1 aliphatic carbocycles. The fraction of sp³-hybridized carbons (Fsp3) is 0.538. The number of rotatable bonds is 0. The average molecular weight is 220 g/mol. The van der Waals surface area contributed by atoms with Gasteiger partial charge in [-0.3, -0.25) is 0 Å². The van der Waals surface area contributed by atoms with Gasteiger partial charge >= 0.3 is 0 Å². The van der Waals surface area contributed by atoms with Crippen LogP contribution in [0.4, 0.5) is 0 Å². The molecule has 0 aromatic heterocycles. The molecule has 1 saturated carbocycles. The predicted molar refractivity (Wildman–Crippen MR) is 59.5 cm³/mol. The second kappa shape index (κ2) is 3.39. The first-order valence-electron chi connectivity index (χ1n) is 5.89. The van der Waals surface area contributed by atoms with Gasteiger partial charge in [-0.05, 0) is 43.9 Å². The molecule has 1 aromatic rings. The zero-order valence-electron chi connectivity index (χ0n) is 9.15. The SMILES string of the molecule is Oc1ccc2c(c1)C(O)CC1(CCCC1)O2. The zero-order chi connectivity index (χ0) is 11.2. The lowest BCUT2D eigenvalue weighted by atomic mass is 9.87. The lowest BCUT2D eigenvalue weighted by Crippen LogP contribution is -2.38. The third-order valence-electron chi connectivity index (χ3n) is 3.76. The maximum atomic E-state index is 10.1. The van der Waals surface area contributed by atoms with Gasteiger partial charge in [0.25, 0.3) is 0 Å². The Labute approximate surface area is 94.7 Å². The molecule has 1 aromatic carbocycles. The first-order valence-corrected chi connectivity index (χ1v) is 5.89. The molecule has 3 rings (SSSR count). The molecule has 1 spiro atoms. The minimum atomic E-state index is -0.506. The monoisotopic (exact) mass is 220 g/mol. The quantitative estimate of drug-likeness (QED) is 0.706. The van der Waals surface area contributed by atoms with Gasteiger partial charge in [0.05, 0.1) is 6.10 Å². The van der Waals surface area contributed by atoms with Gasteiger partial charge in [-0.2, -0.15) is 0 Å². The van der Waals surface area contributed by atoms with Crippen LogP contribution in [0.1, 0.15) is 43.8 Å². The highest BCUT2D eigenvalue weighted by molar-refractivity contribution is 5.43. The van der Waals surface area contributed by atoms with Crippen molar-refractivity contribution in [2.75, 3.05) is 0 Å². The molecule has 3 heteroatoms. The van der Waals surface area contributed by atoms with Crippen molar-refractivity contribution in [2.24, 2.45) is 0 Å². The van der Waals surface area contributed by atoms with E-state index in [1.807, 2.05) is 0 Å². The minimum Gasteiger partial charge on any atom is -0.508 e. The van der Waals surface area contributed by atoms with E-state index in [0.29, 0.717) is 6.42 Å². The number of benzene rings is 1. The first kappa shape index (κ1) is 9.97. The van der Waals surface area contributed by atoms with Crippen LogP contribution in [0.2, 0.25) is 0 Å². The van der Waals surface area contributed by atoms with Crippen LogP contribution in [0.3, 0.4) is 0 Å². The summed E-state index contributed by atoms with van der Waals surface area (Å²) >= 11 is 0. The Balaban J connectivity index is 1.99. The van der Waals surface area contributed by atoms with E-state index in [9.17, 15) is 10.2 Å². The summed E-state index contributed by atoms with van der Waals surface area (Å²) in [5, 5.41) is 19.5. The molecule has 16 heavy (non-hydrogen) atoms. The number of ether oxygens (including phenoxy) is 1. The minimum absolute atomic E-state index is 0.149. The van der Waals surface area contributed by atoms with Gasteiger partial charge in [-0.25, -0.2) is 0 Å². The van der Waals surface area contributed by atoms with Crippen molar-refractivity contribution >= 4 is 0 Å². The van der Waals surface area contributed by atoms with Gasteiger partial charge in [0.15, 0.2) is 0 Å². The van der Waals surface area contributed by atoms with Crippen molar-refractivity contribution in [3.8, 4) is 11.5 Å². The van der Waals surface area contributed by atoms with Crippen LogP contribution in [0.5, 0.6) is 11.5 Å². The first-order chi connectivity index (χ1) is 7.69. The molecule has 0 saturated heterocycles. The molecular formula is C13H16O3. The lowest BCUT2D eigenvalue weighted by molar-refractivity contribution is -0.00953. The van der Waals surface area contributed by atoms with Crippen molar-refractivity contribution in [1.82, 2.24) is 0 Å². The summed E-state index contributed by atoms with van der Waals surface area (Å²) in [4.78, 5) is 0. The van der Waals surface area contributed by atoms with Crippen LogP contribution in [0, 0.1) is 0 Å². The highest BCUT2D eigenvalue weighted by Gasteiger charge is 2.42. The maximum Gasteiger partial charge on any atom is 0.126 e. The van der Waals surface area contributed by atoms with Gasteiger partial charge in [0.1, 0.15) is 17.1 Å². The van der Waals surface area contributed by atoms with E-state index in [0.717, 1.165) is 24.2 Å². The fourth-order valence-electron chi connectivity index (χ4n) is 2.95. The van der Waals surface area contributed by atoms with Crippen molar-refractivity contribution in [1.29, 1.82) is 0 Å². The molecule has 0 bridgehead atoms. The Bertz CT molecular complexity index is 408. The molecule has 1 heterocycles. The van der Waals surface area contributed by atoms with E-state index >= 15 is 0 Å². The van der Waals surface area contributed by atoms with Crippen LogP contribution < -0.4 is 4.74 Å². The highest BCUT2D eigenvalue weighted by Crippen LogP contribution is 2.47. The zero-order valence-corrected chi connectivity index (χ0v) is 9.15. The Hall–Kier alpha value is -1.22. The van der Waals surface area contributed by atoms with E-state index in [1.54, 1.807) is 18.2 Å². The van der Waals surface area contributed by atoms with Crippen molar-refractivity contribution < 1.29 is 14.9 Å². The molecule has 86 valence electrons. The number of aliphatic hydroxyl groups excluding tert-OH is 1. The van der Waals surface area contributed by atoms with Gasteiger partial charge in [-0.1, -0.05) is 0 Å². The van der Waals surface area contributed by atoms with Gasteiger partial charge in [0.2, 0.25) is 0 Å². The van der Waals surface area contributed by atoms with E-state index < -0.39 is 6.10 Å². The van der Waals surface area contributed by atoms with Crippen LogP contribution in [-0.4, -0.2) is 15.8 Å². The largest absolute Gasteiger partial charge is 0.508 e. The van der Waals surface area contributed by atoms with Crippen LogP contribution in [0.15, 0.2) is 18.2 Å². The molecule has 0 radical (unpaired) electrons.